The van der Waals surface area contributed by atoms with Gasteiger partial charge in [-0.3, -0.25) is 0 Å². The lowest BCUT2D eigenvalue weighted by Crippen LogP contribution is -2.38. The van der Waals surface area contributed by atoms with E-state index in [9.17, 15) is 0 Å². The molecular formula is C31H41BrN2O. The highest BCUT2D eigenvalue weighted by molar-refractivity contribution is 9.10. The highest BCUT2D eigenvalue weighted by atomic mass is 79.9. The molecule has 2 atom stereocenters. The summed E-state index contributed by atoms with van der Waals surface area (Å²) < 4.78 is 9.70. The van der Waals surface area contributed by atoms with Gasteiger partial charge in [-0.15, -0.1) is 0 Å². The van der Waals surface area contributed by atoms with Gasteiger partial charge in [0.2, 0.25) is 0 Å². The van der Waals surface area contributed by atoms with Gasteiger partial charge in [0, 0.05) is 47.1 Å². The lowest BCUT2D eigenvalue weighted by atomic mass is 9.86. The number of hydrogen-bond donors (Lipinski definition) is 1. The fourth-order valence-corrected chi connectivity index (χ4v) is 6.65. The number of aryl methyl sites for hydroxylation is 1. The molecule has 0 radical (unpaired) electrons. The van der Waals surface area contributed by atoms with E-state index in [0.717, 1.165) is 38.6 Å². The Morgan fingerprint density at radius 3 is 2.77 bits per heavy atom. The molecule has 2 heterocycles. The van der Waals surface area contributed by atoms with E-state index in [4.69, 9.17) is 4.74 Å². The first-order chi connectivity index (χ1) is 17.2. The summed E-state index contributed by atoms with van der Waals surface area (Å²) in [6.45, 7) is 6.23. The Kier molecular flexibility index (Phi) is 8.64. The van der Waals surface area contributed by atoms with E-state index in [-0.39, 0.29) is 0 Å². The van der Waals surface area contributed by atoms with E-state index < -0.39 is 0 Å². The van der Waals surface area contributed by atoms with Crippen molar-refractivity contribution in [2.45, 2.75) is 83.3 Å². The van der Waals surface area contributed by atoms with Gasteiger partial charge >= 0.3 is 0 Å². The highest BCUT2D eigenvalue weighted by Crippen LogP contribution is 2.38. The molecule has 1 aliphatic carbocycles. The molecule has 35 heavy (non-hydrogen) atoms. The number of fused-ring (bicyclic) bond motifs is 1. The van der Waals surface area contributed by atoms with Crippen LogP contribution < -0.4 is 5.32 Å². The van der Waals surface area contributed by atoms with Crippen molar-refractivity contribution in [2.24, 2.45) is 5.92 Å². The van der Waals surface area contributed by atoms with E-state index >= 15 is 0 Å². The second-order valence-corrected chi connectivity index (χ2v) is 11.8. The van der Waals surface area contributed by atoms with Crippen LogP contribution in [0.4, 0.5) is 0 Å². The number of rotatable bonds is 9. The van der Waals surface area contributed by atoms with Gasteiger partial charge < -0.3 is 14.6 Å². The Balaban J connectivity index is 1.42. The molecule has 1 saturated carbocycles. The molecule has 1 aromatic heterocycles. The third-order valence-corrected chi connectivity index (χ3v) is 8.64. The SMILES string of the molecule is Cc1cccc(C(CCCCC2CNCCO2)c2cn(CC3CCCCC3)c3ccc(Br)cc23)c1. The van der Waals surface area contributed by atoms with Crippen LogP contribution in [-0.2, 0) is 11.3 Å². The van der Waals surface area contributed by atoms with Crippen LogP contribution >= 0.6 is 15.9 Å². The van der Waals surface area contributed by atoms with Gasteiger partial charge in [-0.1, -0.05) is 77.9 Å². The highest BCUT2D eigenvalue weighted by Gasteiger charge is 2.23. The molecular weight excluding hydrogens is 496 g/mol. The summed E-state index contributed by atoms with van der Waals surface area (Å²) in [5, 5.41) is 4.89. The molecule has 4 heteroatoms. The average Bonchev–Trinajstić information content (AvgIpc) is 3.22. The van der Waals surface area contributed by atoms with Crippen LogP contribution in [0.5, 0.6) is 0 Å². The molecule has 0 amide bonds. The quantitative estimate of drug-likeness (QED) is 0.280. The largest absolute Gasteiger partial charge is 0.376 e. The Labute approximate surface area is 219 Å². The first kappa shape index (κ1) is 25.0. The van der Waals surface area contributed by atoms with Crippen LogP contribution in [-0.4, -0.2) is 30.4 Å². The molecule has 3 aromatic rings. The molecule has 1 N–H and O–H groups in total. The average molecular weight is 538 g/mol. The van der Waals surface area contributed by atoms with Gasteiger partial charge in [-0.05, 0) is 67.9 Å². The number of nitrogens with zero attached hydrogens (tertiary/aromatic N) is 1. The molecule has 0 bridgehead atoms. The van der Waals surface area contributed by atoms with Crippen molar-refractivity contribution < 1.29 is 4.74 Å². The van der Waals surface area contributed by atoms with Crippen LogP contribution in [0.1, 0.15) is 80.4 Å². The minimum absolute atomic E-state index is 0.384. The zero-order chi connectivity index (χ0) is 24.0. The maximum absolute atomic E-state index is 5.95. The van der Waals surface area contributed by atoms with Crippen molar-refractivity contribution in [3.05, 3.63) is 69.8 Å². The predicted octanol–water partition coefficient (Wildman–Crippen LogP) is 7.97. The number of morpholine rings is 1. The third-order valence-electron chi connectivity index (χ3n) is 8.15. The van der Waals surface area contributed by atoms with Crippen LogP contribution in [0.25, 0.3) is 10.9 Å². The van der Waals surface area contributed by atoms with Crippen molar-refractivity contribution in [3.63, 3.8) is 0 Å². The summed E-state index contributed by atoms with van der Waals surface area (Å²) in [7, 11) is 0. The zero-order valence-corrected chi connectivity index (χ0v) is 22.9. The second kappa shape index (κ2) is 12.1. The van der Waals surface area contributed by atoms with Gasteiger partial charge in [0.05, 0.1) is 12.7 Å². The molecule has 1 saturated heterocycles. The Morgan fingerprint density at radius 1 is 1.09 bits per heavy atom. The van der Waals surface area contributed by atoms with E-state index in [1.807, 2.05) is 0 Å². The minimum atomic E-state index is 0.384. The van der Waals surface area contributed by atoms with Crippen molar-refractivity contribution in [1.82, 2.24) is 9.88 Å². The molecule has 3 nitrogen and oxygen atoms in total. The van der Waals surface area contributed by atoms with Crippen molar-refractivity contribution in [2.75, 3.05) is 19.7 Å². The molecule has 1 aliphatic heterocycles. The summed E-state index contributed by atoms with van der Waals surface area (Å²) in [6.07, 6.45) is 14.6. The van der Waals surface area contributed by atoms with E-state index in [1.54, 1.807) is 0 Å². The van der Waals surface area contributed by atoms with Crippen LogP contribution in [0.15, 0.2) is 53.1 Å². The van der Waals surface area contributed by atoms with Gasteiger partial charge in [-0.2, -0.15) is 0 Å². The van der Waals surface area contributed by atoms with Crippen LogP contribution in [0.2, 0.25) is 0 Å². The third kappa shape index (κ3) is 6.39. The minimum Gasteiger partial charge on any atom is -0.376 e. The maximum atomic E-state index is 5.95. The van der Waals surface area contributed by atoms with Crippen LogP contribution in [0, 0.1) is 12.8 Å². The topological polar surface area (TPSA) is 26.2 Å². The fourth-order valence-electron chi connectivity index (χ4n) is 6.29. The monoisotopic (exact) mass is 536 g/mol. The van der Waals surface area contributed by atoms with Gasteiger partial charge in [0.1, 0.15) is 0 Å². The normalized spacial score (nSPS) is 20.3. The number of unbranched alkanes of at least 4 members (excludes halogenated alkanes) is 1. The number of halogens is 1. The van der Waals surface area contributed by atoms with E-state index in [1.165, 1.54) is 83.4 Å². The van der Waals surface area contributed by atoms with Crippen LogP contribution in [0.3, 0.4) is 0 Å². The molecule has 2 fully saturated rings. The zero-order valence-electron chi connectivity index (χ0n) is 21.3. The first-order valence-electron chi connectivity index (χ1n) is 13.8. The molecule has 2 aliphatic rings. The van der Waals surface area contributed by atoms with Gasteiger partial charge in [0.25, 0.3) is 0 Å². The molecule has 5 rings (SSSR count). The lowest BCUT2D eigenvalue weighted by molar-refractivity contribution is 0.0220. The van der Waals surface area contributed by atoms with Crippen molar-refractivity contribution >= 4 is 26.8 Å². The summed E-state index contributed by atoms with van der Waals surface area (Å²) in [6, 6.07) is 16.1. The van der Waals surface area contributed by atoms with Crippen molar-refractivity contribution in [3.8, 4) is 0 Å². The van der Waals surface area contributed by atoms with E-state index in [0.29, 0.717) is 12.0 Å². The Bertz CT molecular complexity index is 1090. The molecule has 0 spiro atoms. The lowest BCUT2D eigenvalue weighted by Gasteiger charge is -2.24. The molecule has 2 aromatic carbocycles. The number of nitrogens with one attached hydrogen (secondary N) is 1. The second-order valence-electron chi connectivity index (χ2n) is 10.9. The molecule has 2 unspecified atom stereocenters. The standard InChI is InChI=1S/C31H41BrN2O/c1-23-8-7-11-25(18-23)28(13-6-5-12-27-20-33-16-17-35-27)30-22-34(21-24-9-3-2-4-10-24)31-15-14-26(32)19-29(30)31/h7-8,11,14-15,18-19,22,24,27-28,33H,2-6,9-10,12-13,16-17,20-21H2,1H3. The Hall–Kier alpha value is -1.62. The predicted molar refractivity (Wildman–Crippen MR) is 150 cm³/mol. The number of ether oxygens (including phenoxy) is 1. The summed E-state index contributed by atoms with van der Waals surface area (Å²) in [4.78, 5) is 0. The Morgan fingerprint density at radius 2 is 1.97 bits per heavy atom. The number of benzene rings is 2. The van der Waals surface area contributed by atoms with Gasteiger partial charge in [0.15, 0.2) is 0 Å². The van der Waals surface area contributed by atoms with E-state index in [2.05, 4.69) is 81.4 Å². The molecule has 188 valence electrons. The number of aromatic nitrogens is 1. The summed E-state index contributed by atoms with van der Waals surface area (Å²) in [5.41, 5.74) is 5.70. The number of hydrogen-bond acceptors (Lipinski definition) is 2. The maximum Gasteiger partial charge on any atom is 0.0700 e. The first-order valence-corrected chi connectivity index (χ1v) is 14.6. The fraction of sp³-hybridized carbons (Fsp3) is 0.548. The van der Waals surface area contributed by atoms with Gasteiger partial charge in [-0.25, -0.2) is 0 Å². The summed E-state index contributed by atoms with van der Waals surface area (Å²) in [5.74, 6) is 1.24. The summed E-state index contributed by atoms with van der Waals surface area (Å²) >= 11 is 3.77. The smallest absolute Gasteiger partial charge is 0.0700 e. The van der Waals surface area contributed by atoms with Crippen molar-refractivity contribution in [1.29, 1.82) is 0 Å².